The zero-order chi connectivity index (χ0) is 50.7. The van der Waals surface area contributed by atoms with Crippen LogP contribution < -0.4 is 26.0 Å². The lowest BCUT2D eigenvalue weighted by atomic mass is 9.77. The first-order valence-corrected chi connectivity index (χ1v) is 24.4. The van der Waals surface area contributed by atoms with E-state index in [1.165, 1.54) is 42.5 Å². The summed E-state index contributed by atoms with van der Waals surface area (Å²) in [6.07, 6.45) is -0.643. The highest BCUT2D eigenvalue weighted by Crippen LogP contribution is 2.57. The summed E-state index contributed by atoms with van der Waals surface area (Å²) in [5.74, 6) is -5.08. The monoisotopic (exact) mass is 1050 g/mol. The van der Waals surface area contributed by atoms with E-state index in [4.69, 9.17) is 32.7 Å². The van der Waals surface area contributed by atoms with Crippen LogP contribution in [0.5, 0.6) is 23.0 Å². The van der Waals surface area contributed by atoms with Crippen molar-refractivity contribution in [2.75, 3.05) is 18.4 Å². The highest BCUT2D eigenvalue weighted by atomic mass is 35.5. The molecule has 71 heavy (non-hydrogen) atoms. The Bertz CT molecular complexity index is 2980. The van der Waals surface area contributed by atoms with Gasteiger partial charge in [-0.3, -0.25) is 24.0 Å². The molecule has 1 unspecified atom stereocenters. The molecule has 370 valence electrons. The molecule has 8 rings (SSSR count). The average molecular weight is 1050 g/mol. The molecule has 1 spiro atoms. The summed E-state index contributed by atoms with van der Waals surface area (Å²) in [4.78, 5) is 93.7. The van der Waals surface area contributed by atoms with Gasteiger partial charge < -0.3 is 55.5 Å². The lowest BCUT2D eigenvalue weighted by Gasteiger charge is -2.36. The minimum atomic E-state index is -2.42. The van der Waals surface area contributed by atoms with Gasteiger partial charge in [0, 0.05) is 76.4 Å². The normalized spacial score (nSPS) is 16.9. The highest BCUT2D eigenvalue weighted by molar-refractivity contribution is 7.81. The number of phenolic OH excluding ortho intramolecular Hbond substituents is 2. The van der Waals surface area contributed by atoms with Gasteiger partial charge in [0.1, 0.15) is 35.1 Å². The number of aliphatic carboxylic acids is 1. The van der Waals surface area contributed by atoms with Crippen LogP contribution in [-0.4, -0.2) is 112 Å². The van der Waals surface area contributed by atoms with E-state index >= 15 is 0 Å². The number of anilines is 1. The van der Waals surface area contributed by atoms with Gasteiger partial charge in [0.2, 0.25) is 44.2 Å². The Morgan fingerprint density at radius 1 is 0.887 bits per heavy atom. The fourth-order valence-electron chi connectivity index (χ4n) is 8.61. The standard InChI is InChI=1S/C46H41Cl2N7O14S2/c47-24-6-4-22(32(48)17-24)16-38(59)50-25-18-34(55(21-25)39(60)13-12-37(58)52-44-53-54-45(70-44)71(66)67)41(62)51-33(42(63)64)3-1-2-14-49-40(61)23-5-9-29-28(15-23)43(65)69-46(29)30-10-7-26(56)19-35(30)68-36-20-27(57)8-11-31(36)46/h4-11,15,17,19-20,25,33-34,56-57H,1-3,12-14,16,18,21H2,(H,49,61)(H,50,59)(H,51,62)(H,63,64)(H,66,67)(H,52,53,58)/t25-,33+,34-/m1/s1. The van der Waals surface area contributed by atoms with Gasteiger partial charge in [0.05, 0.1) is 12.0 Å². The SMILES string of the molecule is O=C(CCC(=O)N1C[C@H](NC(=O)Cc2ccc(Cl)cc2Cl)C[C@@H]1C(=O)N[C@@H](CCCCNC(=O)c1ccc2c(c1)C(=O)OC21c2ccc(O)cc2Oc2cc(O)ccc21)C(=O)O)Nc1nnc(S(=O)O)s1. The molecule has 3 aliphatic heterocycles. The maximum atomic E-state index is 13.8. The summed E-state index contributed by atoms with van der Waals surface area (Å²) in [5, 5.41) is 48.6. The topological polar surface area (TPSA) is 313 Å². The zero-order valence-electron chi connectivity index (χ0n) is 36.8. The van der Waals surface area contributed by atoms with Crippen molar-refractivity contribution in [3.63, 3.8) is 0 Å². The first-order chi connectivity index (χ1) is 33.9. The second-order valence-corrected chi connectivity index (χ2v) is 19.6. The van der Waals surface area contributed by atoms with Gasteiger partial charge in [-0.15, -0.1) is 10.2 Å². The van der Waals surface area contributed by atoms with Crippen LogP contribution in [0.1, 0.15) is 81.5 Å². The van der Waals surface area contributed by atoms with E-state index < -0.39 is 82.7 Å². The van der Waals surface area contributed by atoms with E-state index in [-0.39, 0.29) is 100 Å². The minimum Gasteiger partial charge on any atom is -0.508 e. The first kappa shape index (κ1) is 50.2. The fourth-order valence-corrected chi connectivity index (χ4v) is 10.2. The van der Waals surface area contributed by atoms with Gasteiger partial charge in [-0.05, 0) is 79.8 Å². The molecule has 5 amide bonds. The van der Waals surface area contributed by atoms with Crippen molar-refractivity contribution in [3.05, 3.63) is 116 Å². The van der Waals surface area contributed by atoms with E-state index in [0.29, 0.717) is 38.6 Å². The molecule has 25 heteroatoms. The number of fused-ring (bicyclic) bond motifs is 6. The summed E-state index contributed by atoms with van der Waals surface area (Å²) in [7, 11) is 0. The Morgan fingerprint density at radius 3 is 2.25 bits per heavy atom. The fraction of sp³-hybridized carbons (Fsp3) is 0.283. The lowest BCUT2D eigenvalue weighted by Crippen LogP contribution is -2.51. The Hall–Kier alpha value is -7.18. The van der Waals surface area contributed by atoms with Crippen LogP contribution >= 0.6 is 34.5 Å². The van der Waals surface area contributed by atoms with E-state index in [9.17, 15) is 57.6 Å². The average Bonchev–Trinajstić information content (AvgIpc) is 4.05. The maximum absolute atomic E-state index is 13.8. The summed E-state index contributed by atoms with van der Waals surface area (Å²) >= 11 is 10.5. The molecule has 3 aliphatic rings. The number of carboxylic acid groups (broad SMARTS) is 1. The molecule has 5 aromatic rings. The van der Waals surface area contributed by atoms with Crippen LogP contribution in [-0.2, 0) is 51.8 Å². The van der Waals surface area contributed by atoms with E-state index in [1.54, 1.807) is 30.3 Å². The van der Waals surface area contributed by atoms with Crippen molar-refractivity contribution in [1.29, 1.82) is 0 Å². The Labute approximate surface area is 419 Å². The number of halogens is 2. The zero-order valence-corrected chi connectivity index (χ0v) is 40.0. The summed E-state index contributed by atoms with van der Waals surface area (Å²) in [6, 6.07) is 14.4. The van der Waals surface area contributed by atoms with E-state index in [2.05, 4.69) is 31.5 Å². The number of ether oxygens (including phenoxy) is 2. The molecule has 0 saturated carbocycles. The Morgan fingerprint density at radius 2 is 1.59 bits per heavy atom. The van der Waals surface area contributed by atoms with Crippen LogP contribution in [0.25, 0.3) is 0 Å². The predicted octanol–water partition coefficient (Wildman–Crippen LogP) is 4.62. The number of aromatic hydroxyl groups is 2. The van der Waals surface area contributed by atoms with Gasteiger partial charge in [-0.2, -0.15) is 0 Å². The minimum absolute atomic E-state index is 0.0766. The van der Waals surface area contributed by atoms with Crippen LogP contribution in [0.2, 0.25) is 10.0 Å². The molecular formula is C46H41Cl2N7O14S2. The quantitative estimate of drug-likeness (QED) is 0.0273. The summed E-state index contributed by atoms with van der Waals surface area (Å²) in [6.45, 7) is -0.0734. The molecule has 1 fully saturated rings. The molecule has 0 aliphatic carbocycles. The smallest absolute Gasteiger partial charge is 0.340 e. The third kappa shape index (κ3) is 10.9. The molecular weight excluding hydrogens is 1010 g/mol. The van der Waals surface area contributed by atoms with Crippen molar-refractivity contribution >= 4 is 92.2 Å². The van der Waals surface area contributed by atoms with Crippen molar-refractivity contribution in [2.45, 2.75) is 73.0 Å². The van der Waals surface area contributed by atoms with E-state index in [1.807, 2.05) is 0 Å². The molecule has 21 nitrogen and oxygen atoms in total. The predicted molar refractivity (Wildman–Crippen MR) is 253 cm³/mol. The van der Waals surface area contributed by atoms with Crippen LogP contribution in [0.15, 0.2) is 77.1 Å². The van der Waals surface area contributed by atoms with E-state index in [0.717, 1.165) is 4.90 Å². The number of hydrogen-bond acceptors (Lipinski definition) is 15. The number of nitrogens with one attached hydrogen (secondary N) is 4. The third-order valence-corrected chi connectivity index (χ3v) is 14.2. The Kier molecular flexibility index (Phi) is 14.9. The largest absolute Gasteiger partial charge is 0.508 e. The van der Waals surface area contributed by atoms with Crippen LogP contribution in [0, 0.1) is 0 Å². The van der Waals surface area contributed by atoms with Gasteiger partial charge in [-0.25, -0.2) is 13.8 Å². The molecule has 1 aromatic heterocycles. The van der Waals surface area contributed by atoms with Crippen molar-refractivity contribution in [2.24, 2.45) is 0 Å². The molecule has 1 saturated heterocycles. The number of rotatable bonds is 17. The van der Waals surface area contributed by atoms with Crippen molar-refractivity contribution < 1.29 is 67.1 Å². The van der Waals surface area contributed by atoms with Gasteiger partial charge in [0.15, 0.2) is 5.60 Å². The second-order valence-electron chi connectivity index (χ2n) is 16.6. The molecule has 0 bridgehead atoms. The molecule has 4 heterocycles. The lowest BCUT2D eigenvalue weighted by molar-refractivity contribution is -0.144. The summed E-state index contributed by atoms with van der Waals surface area (Å²) < 4.78 is 32.3. The van der Waals surface area contributed by atoms with Crippen LogP contribution in [0.4, 0.5) is 5.13 Å². The number of carbonyl (C=O) groups is 7. The number of amides is 5. The number of esters is 1. The van der Waals surface area contributed by atoms with Crippen LogP contribution in [0.3, 0.4) is 0 Å². The van der Waals surface area contributed by atoms with Crippen molar-refractivity contribution in [1.82, 2.24) is 31.0 Å². The third-order valence-electron chi connectivity index (χ3n) is 11.9. The second kappa shape index (κ2) is 21.0. The van der Waals surface area contributed by atoms with Gasteiger partial charge in [0.25, 0.3) is 5.91 Å². The molecule has 0 radical (unpaired) electrons. The number of likely N-dealkylation sites (tertiary alicyclic amines) is 1. The number of unbranched alkanes of at least 4 members (excludes halogenated alkanes) is 1. The number of carboxylic acids is 1. The highest BCUT2D eigenvalue weighted by Gasteiger charge is 2.54. The van der Waals surface area contributed by atoms with Gasteiger partial charge >= 0.3 is 11.9 Å². The number of benzene rings is 4. The maximum Gasteiger partial charge on any atom is 0.340 e. The Balaban J connectivity index is 0.878. The van der Waals surface area contributed by atoms with Gasteiger partial charge in [-0.1, -0.05) is 46.7 Å². The number of carbonyl (C=O) groups excluding carboxylic acids is 6. The molecule has 4 atom stereocenters. The molecule has 8 N–H and O–H groups in total. The molecule has 4 aromatic carbocycles. The van der Waals surface area contributed by atoms with Crippen molar-refractivity contribution in [3.8, 4) is 23.0 Å². The number of aromatic nitrogens is 2. The number of phenols is 2. The number of nitrogens with zero attached hydrogens (tertiary/aromatic N) is 3. The summed E-state index contributed by atoms with van der Waals surface area (Å²) in [5.41, 5.74) is 0.418. The first-order valence-electron chi connectivity index (χ1n) is 21.7. The number of hydrogen-bond donors (Lipinski definition) is 8.